The van der Waals surface area contributed by atoms with Crippen molar-refractivity contribution in [1.29, 1.82) is 0 Å². The topological polar surface area (TPSA) is 48.1 Å². The first-order valence-corrected chi connectivity index (χ1v) is 6.59. The molecule has 0 bridgehead atoms. The molecule has 0 aliphatic carbocycles. The predicted octanol–water partition coefficient (Wildman–Crippen LogP) is 2.92. The van der Waals surface area contributed by atoms with E-state index in [9.17, 15) is 0 Å². The van der Waals surface area contributed by atoms with E-state index in [0.717, 1.165) is 27.8 Å². The van der Waals surface area contributed by atoms with Crippen LogP contribution in [0.1, 0.15) is 11.1 Å². The Bertz CT molecular complexity index is 517. The van der Waals surface area contributed by atoms with Crippen LogP contribution < -0.4 is 10.5 Å². The van der Waals surface area contributed by atoms with Gasteiger partial charge in [0.25, 0.3) is 0 Å². The normalized spacial score (nSPS) is 10.3. The molecule has 2 N–H and O–H groups in total. The van der Waals surface area contributed by atoms with Gasteiger partial charge in [-0.05, 0) is 46.6 Å². The first kappa shape index (κ1) is 13.1. The van der Waals surface area contributed by atoms with Gasteiger partial charge >= 0.3 is 0 Å². The molecule has 0 radical (unpaired) electrons. The molecule has 1 heterocycles. The maximum Gasteiger partial charge on any atom is 0.123 e. The number of hydrogen-bond acceptors (Lipinski definition) is 3. The molecule has 0 fully saturated rings. The average Bonchev–Trinajstić information content (AvgIpc) is 2.38. The molecule has 2 rings (SSSR count). The van der Waals surface area contributed by atoms with Crippen LogP contribution >= 0.6 is 15.9 Å². The summed E-state index contributed by atoms with van der Waals surface area (Å²) in [6.45, 7) is 1.13. The van der Waals surface area contributed by atoms with E-state index in [0.29, 0.717) is 13.2 Å². The van der Waals surface area contributed by atoms with E-state index in [1.54, 1.807) is 12.4 Å². The molecule has 18 heavy (non-hydrogen) atoms. The third kappa shape index (κ3) is 3.55. The highest BCUT2D eigenvalue weighted by Crippen LogP contribution is 2.20. The fraction of sp³-hybridized carbons (Fsp3) is 0.214. The van der Waals surface area contributed by atoms with Gasteiger partial charge in [0.05, 0.1) is 0 Å². The number of para-hydroxylation sites is 1. The van der Waals surface area contributed by atoms with E-state index in [1.807, 2.05) is 30.3 Å². The summed E-state index contributed by atoms with van der Waals surface area (Å²) in [5.74, 6) is 0.892. The van der Waals surface area contributed by atoms with E-state index in [2.05, 4.69) is 20.9 Å². The highest BCUT2D eigenvalue weighted by molar-refractivity contribution is 9.10. The van der Waals surface area contributed by atoms with Gasteiger partial charge in [-0.15, -0.1) is 0 Å². The molecule has 1 aromatic heterocycles. The van der Waals surface area contributed by atoms with Gasteiger partial charge in [0.2, 0.25) is 0 Å². The molecule has 0 saturated heterocycles. The summed E-state index contributed by atoms with van der Waals surface area (Å²) in [5, 5.41) is 0. The zero-order valence-corrected chi connectivity index (χ0v) is 11.6. The lowest BCUT2D eigenvalue weighted by atomic mass is 10.1. The van der Waals surface area contributed by atoms with Crippen LogP contribution in [0.4, 0.5) is 0 Å². The third-order valence-electron chi connectivity index (χ3n) is 2.54. The van der Waals surface area contributed by atoms with Crippen molar-refractivity contribution < 1.29 is 4.74 Å². The summed E-state index contributed by atoms with van der Waals surface area (Å²) >= 11 is 3.39. The van der Waals surface area contributed by atoms with Crippen LogP contribution in [0.15, 0.2) is 47.2 Å². The Kier molecular flexibility index (Phi) is 4.73. The van der Waals surface area contributed by atoms with E-state index < -0.39 is 0 Å². The summed E-state index contributed by atoms with van der Waals surface area (Å²) in [5.41, 5.74) is 7.76. The minimum absolute atomic E-state index is 0.508. The molecule has 0 atom stereocenters. The predicted molar refractivity (Wildman–Crippen MR) is 75.5 cm³/mol. The number of nitrogens with two attached hydrogens (primary N) is 1. The summed E-state index contributed by atoms with van der Waals surface area (Å²) in [7, 11) is 0. The first-order chi connectivity index (χ1) is 8.79. The van der Waals surface area contributed by atoms with Gasteiger partial charge in [-0.1, -0.05) is 18.2 Å². The summed E-state index contributed by atoms with van der Waals surface area (Å²) < 4.78 is 6.77. The minimum Gasteiger partial charge on any atom is -0.489 e. The maximum absolute atomic E-state index is 5.81. The molecule has 1 aromatic carbocycles. The molecule has 0 spiro atoms. The Labute approximate surface area is 115 Å². The van der Waals surface area contributed by atoms with Crippen LogP contribution in [0, 0.1) is 0 Å². The number of benzene rings is 1. The number of pyridine rings is 1. The van der Waals surface area contributed by atoms with Crippen molar-refractivity contribution in [1.82, 2.24) is 4.98 Å². The summed E-state index contributed by atoms with van der Waals surface area (Å²) in [4.78, 5) is 4.11. The highest BCUT2D eigenvalue weighted by atomic mass is 79.9. The molecular weight excluding hydrogens is 292 g/mol. The zero-order valence-electron chi connectivity index (χ0n) is 9.97. The standard InChI is InChI=1S/C14H15BrN2O/c15-13-7-11(8-17-9-13)10-18-14-4-2-1-3-12(14)5-6-16/h1-4,7-9H,5-6,10,16H2. The molecule has 0 amide bonds. The van der Waals surface area contributed by atoms with Gasteiger partial charge in [0.1, 0.15) is 12.4 Å². The molecule has 0 saturated carbocycles. The van der Waals surface area contributed by atoms with Gasteiger partial charge in [-0.25, -0.2) is 0 Å². The van der Waals surface area contributed by atoms with E-state index >= 15 is 0 Å². The monoisotopic (exact) mass is 306 g/mol. The van der Waals surface area contributed by atoms with Crippen molar-refractivity contribution in [2.45, 2.75) is 13.0 Å². The highest BCUT2D eigenvalue weighted by Gasteiger charge is 2.03. The second-order valence-corrected chi connectivity index (χ2v) is 4.86. The number of ether oxygens (including phenoxy) is 1. The molecule has 94 valence electrons. The fourth-order valence-electron chi connectivity index (χ4n) is 1.70. The van der Waals surface area contributed by atoms with Gasteiger partial charge in [-0.2, -0.15) is 0 Å². The SMILES string of the molecule is NCCc1ccccc1OCc1cncc(Br)c1. The Morgan fingerprint density at radius 3 is 2.83 bits per heavy atom. The molecule has 3 nitrogen and oxygen atoms in total. The first-order valence-electron chi connectivity index (χ1n) is 5.80. The molecule has 2 aromatic rings. The molecular formula is C14H15BrN2O. The second kappa shape index (κ2) is 6.52. The smallest absolute Gasteiger partial charge is 0.123 e. The van der Waals surface area contributed by atoms with Gasteiger partial charge in [0.15, 0.2) is 0 Å². The van der Waals surface area contributed by atoms with Crippen molar-refractivity contribution in [2.24, 2.45) is 5.73 Å². The Morgan fingerprint density at radius 1 is 1.22 bits per heavy atom. The number of aromatic nitrogens is 1. The lowest BCUT2D eigenvalue weighted by molar-refractivity contribution is 0.302. The Hall–Kier alpha value is -1.39. The van der Waals surface area contributed by atoms with Crippen LogP contribution in [0.2, 0.25) is 0 Å². The maximum atomic E-state index is 5.81. The van der Waals surface area contributed by atoms with Crippen molar-refractivity contribution in [2.75, 3.05) is 6.54 Å². The number of rotatable bonds is 5. The Morgan fingerprint density at radius 2 is 2.06 bits per heavy atom. The molecule has 0 aliphatic rings. The van der Waals surface area contributed by atoms with Gasteiger partial charge < -0.3 is 10.5 Å². The largest absolute Gasteiger partial charge is 0.489 e. The minimum atomic E-state index is 0.508. The van der Waals surface area contributed by atoms with Crippen molar-refractivity contribution in [3.63, 3.8) is 0 Å². The van der Waals surface area contributed by atoms with Crippen LogP contribution in [0.25, 0.3) is 0 Å². The number of nitrogens with zero attached hydrogens (tertiary/aromatic N) is 1. The van der Waals surface area contributed by atoms with Crippen LogP contribution in [0.5, 0.6) is 5.75 Å². The van der Waals surface area contributed by atoms with Crippen molar-refractivity contribution in [3.05, 3.63) is 58.3 Å². The average molecular weight is 307 g/mol. The summed E-state index contributed by atoms with van der Waals surface area (Å²) in [6, 6.07) is 9.98. The van der Waals surface area contributed by atoms with Crippen LogP contribution in [0.3, 0.4) is 0 Å². The van der Waals surface area contributed by atoms with Gasteiger partial charge in [-0.3, -0.25) is 4.98 Å². The van der Waals surface area contributed by atoms with Crippen molar-refractivity contribution >= 4 is 15.9 Å². The van der Waals surface area contributed by atoms with Crippen molar-refractivity contribution in [3.8, 4) is 5.75 Å². The van der Waals surface area contributed by atoms with E-state index in [1.165, 1.54) is 0 Å². The fourth-order valence-corrected chi connectivity index (χ4v) is 2.11. The van der Waals surface area contributed by atoms with Crippen LogP contribution in [-0.4, -0.2) is 11.5 Å². The van der Waals surface area contributed by atoms with Gasteiger partial charge in [0, 0.05) is 22.4 Å². The number of hydrogen-bond donors (Lipinski definition) is 1. The van der Waals surface area contributed by atoms with E-state index in [-0.39, 0.29) is 0 Å². The zero-order chi connectivity index (χ0) is 12.8. The quantitative estimate of drug-likeness (QED) is 0.924. The van der Waals surface area contributed by atoms with Crippen LogP contribution in [-0.2, 0) is 13.0 Å². The lowest BCUT2D eigenvalue weighted by Gasteiger charge is -2.10. The Balaban J connectivity index is 2.06. The molecule has 4 heteroatoms. The lowest BCUT2D eigenvalue weighted by Crippen LogP contribution is -2.05. The summed E-state index contributed by atoms with van der Waals surface area (Å²) in [6.07, 6.45) is 4.38. The third-order valence-corrected chi connectivity index (χ3v) is 2.98. The second-order valence-electron chi connectivity index (χ2n) is 3.95. The van der Waals surface area contributed by atoms with E-state index in [4.69, 9.17) is 10.5 Å². The molecule has 0 unspecified atom stereocenters. The molecule has 0 aliphatic heterocycles. The number of halogens is 1.